The molecule has 0 radical (unpaired) electrons. The predicted octanol–water partition coefficient (Wildman–Crippen LogP) is 3.73. The molecule has 0 fully saturated rings. The number of rotatable bonds is 6. The molecule has 1 N–H and O–H groups in total. The molecule has 10 heteroatoms. The molecule has 2 heterocycles. The van der Waals surface area contributed by atoms with E-state index in [1.807, 2.05) is 13.8 Å². The molecule has 0 aliphatic heterocycles. The minimum Gasteiger partial charge on any atom is -0.465 e. The van der Waals surface area contributed by atoms with E-state index < -0.39 is 17.8 Å². The number of ether oxygens (including phenoxy) is 2. The van der Waals surface area contributed by atoms with E-state index in [-0.39, 0.29) is 22.6 Å². The first-order valence-corrected chi connectivity index (χ1v) is 9.94. The molecule has 0 saturated heterocycles. The molecule has 0 unspecified atom stereocenters. The zero-order chi connectivity index (χ0) is 22.7. The van der Waals surface area contributed by atoms with Crippen molar-refractivity contribution in [2.75, 3.05) is 19.5 Å². The van der Waals surface area contributed by atoms with E-state index >= 15 is 0 Å². The Labute approximate surface area is 186 Å². The Hall–Kier alpha value is -3.40. The zero-order valence-corrected chi connectivity index (χ0v) is 18.9. The third kappa shape index (κ3) is 4.85. The van der Waals surface area contributed by atoms with Crippen LogP contribution in [0.2, 0.25) is 0 Å². The highest BCUT2D eigenvalue weighted by atomic mass is 79.9. The van der Waals surface area contributed by atoms with Gasteiger partial charge >= 0.3 is 11.9 Å². The Morgan fingerprint density at radius 1 is 1.06 bits per heavy atom. The number of carbonyl (C=O) groups excluding carboxylic acids is 3. The largest absolute Gasteiger partial charge is 0.465 e. The van der Waals surface area contributed by atoms with Crippen LogP contribution >= 0.6 is 15.9 Å². The molecule has 0 bridgehead atoms. The normalized spacial score (nSPS) is 10.6. The second-order valence-corrected chi connectivity index (χ2v) is 7.44. The van der Waals surface area contributed by atoms with E-state index in [9.17, 15) is 14.4 Å². The maximum Gasteiger partial charge on any atom is 0.337 e. The van der Waals surface area contributed by atoms with Crippen LogP contribution in [0.25, 0.3) is 0 Å². The summed E-state index contributed by atoms with van der Waals surface area (Å²) >= 11 is 3.48. The lowest BCUT2D eigenvalue weighted by atomic mass is 10.1. The average molecular weight is 490 g/mol. The highest BCUT2D eigenvalue weighted by Crippen LogP contribution is 2.22. The van der Waals surface area contributed by atoms with Gasteiger partial charge in [-0.3, -0.25) is 9.48 Å². The summed E-state index contributed by atoms with van der Waals surface area (Å²) in [4.78, 5) is 36.4. The maximum atomic E-state index is 12.6. The summed E-state index contributed by atoms with van der Waals surface area (Å²) in [7, 11) is 2.44. The molecule has 1 aromatic carbocycles. The Kier molecular flexibility index (Phi) is 6.59. The minimum absolute atomic E-state index is 0.0682. The zero-order valence-electron chi connectivity index (χ0n) is 17.3. The number of anilines is 1. The molecule has 0 atom stereocenters. The maximum absolute atomic E-state index is 12.6. The van der Waals surface area contributed by atoms with Crippen molar-refractivity contribution in [3.63, 3.8) is 0 Å². The Balaban J connectivity index is 1.80. The standard InChI is InChI=1S/C21H20BrN3O6/c1-11-18(22)12(2)25(24-11)10-16-5-6-17(31-16)19(26)23-15-8-13(20(27)29-3)7-14(9-15)21(28)30-4/h5-9H,10H2,1-4H3,(H,23,26). The van der Waals surface area contributed by atoms with E-state index in [1.54, 1.807) is 10.7 Å². The van der Waals surface area contributed by atoms with Crippen LogP contribution in [0.1, 0.15) is 48.4 Å². The number of hydrogen-bond acceptors (Lipinski definition) is 7. The van der Waals surface area contributed by atoms with Crippen LogP contribution in [0.4, 0.5) is 5.69 Å². The number of aryl methyl sites for hydroxylation is 1. The fraction of sp³-hybridized carbons (Fsp3) is 0.238. The van der Waals surface area contributed by atoms with Crippen molar-refractivity contribution in [2.24, 2.45) is 0 Å². The first-order valence-electron chi connectivity index (χ1n) is 9.14. The van der Waals surface area contributed by atoms with Crippen LogP contribution in [-0.2, 0) is 16.0 Å². The topological polar surface area (TPSA) is 113 Å². The summed E-state index contributed by atoms with van der Waals surface area (Å²) in [6.07, 6.45) is 0. The van der Waals surface area contributed by atoms with Crippen LogP contribution in [-0.4, -0.2) is 41.8 Å². The number of carbonyl (C=O) groups is 3. The minimum atomic E-state index is -0.655. The van der Waals surface area contributed by atoms with Gasteiger partial charge in [0.25, 0.3) is 5.91 Å². The molecule has 2 aromatic heterocycles. The van der Waals surface area contributed by atoms with Crippen molar-refractivity contribution in [2.45, 2.75) is 20.4 Å². The van der Waals surface area contributed by atoms with E-state index in [4.69, 9.17) is 13.9 Å². The fourth-order valence-corrected chi connectivity index (χ4v) is 3.21. The molecule has 3 aromatic rings. The number of furan rings is 1. The molecule has 162 valence electrons. The van der Waals surface area contributed by atoms with Crippen molar-refractivity contribution in [3.8, 4) is 0 Å². The fourth-order valence-electron chi connectivity index (χ4n) is 2.93. The summed E-state index contributed by atoms with van der Waals surface area (Å²) in [5.41, 5.74) is 2.20. The summed E-state index contributed by atoms with van der Waals surface area (Å²) in [5.74, 6) is -1.24. The summed E-state index contributed by atoms with van der Waals surface area (Å²) in [6.45, 7) is 4.17. The summed E-state index contributed by atoms with van der Waals surface area (Å²) in [6, 6.07) is 7.34. The molecule has 0 saturated carbocycles. The lowest BCUT2D eigenvalue weighted by Gasteiger charge is -2.09. The van der Waals surface area contributed by atoms with Gasteiger partial charge < -0.3 is 19.2 Å². The van der Waals surface area contributed by atoms with Gasteiger partial charge in [0.1, 0.15) is 5.76 Å². The number of aromatic nitrogens is 2. The molecule has 0 aliphatic rings. The smallest absolute Gasteiger partial charge is 0.337 e. The molecule has 31 heavy (non-hydrogen) atoms. The molecule has 0 spiro atoms. The van der Waals surface area contributed by atoms with E-state index in [2.05, 4.69) is 26.3 Å². The molecular weight excluding hydrogens is 470 g/mol. The van der Waals surface area contributed by atoms with E-state index in [0.29, 0.717) is 12.3 Å². The first-order chi connectivity index (χ1) is 14.7. The van der Waals surface area contributed by atoms with Crippen LogP contribution in [0, 0.1) is 13.8 Å². The highest BCUT2D eigenvalue weighted by Gasteiger charge is 2.18. The number of halogens is 1. The van der Waals surface area contributed by atoms with Gasteiger partial charge in [-0.05, 0) is 60.1 Å². The van der Waals surface area contributed by atoms with Gasteiger partial charge in [0, 0.05) is 5.69 Å². The third-order valence-corrected chi connectivity index (χ3v) is 5.66. The lowest BCUT2D eigenvalue weighted by Crippen LogP contribution is -2.14. The molecular formula is C21H20BrN3O6. The average Bonchev–Trinajstić information content (AvgIpc) is 3.33. The van der Waals surface area contributed by atoms with Gasteiger partial charge in [-0.25, -0.2) is 9.59 Å². The molecule has 9 nitrogen and oxygen atoms in total. The van der Waals surface area contributed by atoms with Crippen molar-refractivity contribution < 1.29 is 28.3 Å². The number of hydrogen-bond donors (Lipinski definition) is 1. The number of esters is 2. The number of amides is 1. The highest BCUT2D eigenvalue weighted by molar-refractivity contribution is 9.10. The number of nitrogens with zero attached hydrogens (tertiary/aromatic N) is 2. The predicted molar refractivity (Wildman–Crippen MR) is 114 cm³/mol. The van der Waals surface area contributed by atoms with Crippen molar-refractivity contribution in [3.05, 3.63) is 68.8 Å². The second kappa shape index (κ2) is 9.17. The van der Waals surface area contributed by atoms with E-state index in [0.717, 1.165) is 15.9 Å². The number of benzene rings is 1. The van der Waals surface area contributed by atoms with Gasteiger partial charge in [-0.2, -0.15) is 5.10 Å². The van der Waals surface area contributed by atoms with Gasteiger partial charge in [0.15, 0.2) is 5.76 Å². The van der Waals surface area contributed by atoms with E-state index in [1.165, 1.54) is 38.5 Å². The monoisotopic (exact) mass is 489 g/mol. The van der Waals surface area contributed by atoms with Gasteiger partial charge in [0.05, 0.1) is 47.8 Å². The van der Waals surface area contributed by atoms with Crippen molar-refractivity contribution >= 4 is 39.5 Å². The number of methoxy groups -OCH3 is 2. The SMILES string of the molecule is COC(=O)c1cc(NC(=O)c2ccc(Cn3nc(C)c(Br)c3C)o2)cc(C(=O)OC)c1. The van der Waals surface area contributed by atoms with Crippen LogP contribution in [0.15, 0.2) is 39.2 Å². The van der Waals surface area contributed by atoms with Crippen LogP contribution in [0.5, 0.6) is 0 Å². The Morgan fingerprint density at radius 3 is 2.19 bits per heavy atom. The van der Waals surface area contributed by atoms with Crippen LogP contribution in [0.3, 0.4) is 0 Å². The van der Waals surface area contributed by atoms with Crippen LogP contribution < -0.4 is 5.32 Å². The van der Waals surface area contributed by atoms with Gasteiger partial charge in [-0.1, -0.05) is 0 Å². The number of nitrogens with one attached hydrogen (secondary N) is 1. The molecule has 0 aliphatic carbocycles. The summed E-state index contributed by atoms with van der Waals surface area (Å²) < 4.78 is 17.7. The third-order valence-electron chi connectivity index (χ3n) is 4.52. The molecule has 1 amide bonds. The quantitative estimate of drug-likeness (QED) is 0.524. The van der Waals surface area contributed by atoms with Gasteiger partial charge in [-0.15, -0.1) is 0 Å². The lowest BCUT2D eigenvalue weighted by molar-refractivity contribution is 0.0599. The Morgan fingerprint density at radius 2 is 1.68 bits per heavy atom. The Bertz CT molecular complexity index is 1130. The molecule has 3 rings (SSSR count). The first kappa shape index (κ1) is 22.3. The van der Waals surface area contributed by atoms with Crippen molar-refractivity contribution in [1.29, 1.82) is 0 Å². The second-order valence-electron chi connectivity index (χ2n) is 6.64. The van der Waals surface area contributed by atoms with Crippen molar-refractivity contribution in [1.82, 2.24) is 9.78 Å². The summed E-state index contributed by atoms with van der Waals surface area (Å²) in [5, 5.41) is 7.04. The van der Waals surface area contributed by atoms with Gasteiger partial charge in [0.2, 0.25) is 0 Å².